The van der Waals surface area contributed by atoms with Crippen molar-refractivity contribution in [3.63, 3.8) is 0 Å². The molecule has 15 rings (SSSR count). The predicted molar refractivity (Wildman–Crippen MR) is 487 cm³/mol. The van der Waals surface area contributed by atoms with Crippen molar-refractivity contribution in [2.45, 2.75) is 170 Å². The molecule has 0 fully saturated rings. The van der Waals surface area contributed by atoms with Gasteiger partial charge in [-0.25, -0.2) is 34.5 Å². The zero-order valence-corrected chi connectivity index (χ0v) is 73.2. The molecule has 11 N–H and O–H groups in total. The number of carbonyl (C=O) groups excluding carboxylic acids is 6. The van der Waals surface area contributed by atoms with Gasteiger partial charge in [-0.2, -0.15) is 0 Å². The number of phosphoric ester groups is 1. The number of nitrogens with zero attached hydrogens (tertiary/aromatic N) is 12. The van der Waals surface area contributed by atoms with Crippen molar-refractivity contribution >= 4 is 127 Å². The molecule has 0 spiro atoms. The van der Waals surface area contributed by atoms with Gasteiger partial charge >= 0.3 is 7.82 Å². The monoisotopic (exact) mass is 1750 g/mol. The standard InChI is InChI=1S/C32H38N5O7P.C32H37N5O4.C31H35N5O5/c1-3-4-8-27-35-30-31(37(27)20-23-10-12-26(21(2)18-23)44-45(40,41)42)24-11-9-22(19-25(24)34-32(30)33)7-5-16-43-17-6-15-36-28(38)13-14-29(36)39;1-3-4-8-27-35-30-31(37(27)20-23-10-12-26(38)21(2)18-23)24-11-9-22(19-25(24)34-32(30)33)7-5-16-41-17-6-15-36-28(39)13-14-29(36)40;1-2-3-10-25-34-28-29(36(25)19-21-8-4-9-24(37)30(21)40)22-12-11-20(18-23(22)33-31(28)32)7-5-16-41-17-6-15-35-26(38)13-14-27(35)39/h9-14,18-19H,3-8,15-17,20H2,1-2H3,(H2,33,34)(H2,40,41,42);9-14,18-19,38H,3-8,15-17,20H2,1-2H3,(H2,33,34);4,8-9,11-14,18,37,40H,2-3,5-7,10,15-17,19H2,1H3,(H2,32,33). The molecule has 0 saturated carbocycles. The number of phenolic OH excluding ortho intramolecular Hbond substituents is 3. The van der Waals surface area contributed by atoms with E-state index < -0.39 is 7.82 Å². The molecule has 0 aliphatic carbocycles. The minimum absolute atomic E-state index is 0.137. The van der Waals surface area contributed by atoms with Crippen LogP contribution in [0.2, 0.25) is 0 Å². The van der Waals surface area contributed by atoms with Crippen LogP contribution in [-0.2, 0) is 106 Å². The lowest BCUT2D eigenvalue weighted by Crippen LogP contribution is -2.31. The first-order valence-electron chi connectivity index (χ1n) is 43.4. The molecule has 32 heteroatoms. The molecule has 12 aromatic rings. The Hall–Kier alpha value is -12.8. The number of aromatic hydroxyl groups is 3. The van der Waals surface area contributed by atoms with E-state index >= 15 is 0 Å². The molecule has 31 nitrogen and oxygen atoms in total. The van der Waals surface area contributed by atoms with Gasteiger partial charge in [0, 0.05) is 150 Å². The Labute approximate surface area is 735 Å². The van der Waals surface area contributed by atoms with Crippen LogP contribution in [0.25, 0.3) is 65.8 Å². The van der Waals surface area contributed by atoms with Gasteiger partial charge in [-0.05, 0) is 166 Å². The van der Waals surface area contributed by atoms with E-state index in [1.54, 1.807) is 37.3 Å². The number of ether oxygens (including phenoxy) is 3. The Morgan fingerprint density at radius 3 is 1.06 bits per heavy atom. The first-order chi connectivity index (χ1) is 61.3. The lowest BCUT2D eigenvalue weighted by molar-refractivity contribution is -0.138. The third kappa shape index (κ3) is 22.7. The number of hydrogen-bond acceptors (Lipinski definition) is 23. The number of anilines is 3. The molecule has 9 heterocycles. The number of fused-ring (bicyclic) bond motifs is 9. The van der Waals surface area contributed by atoms with Gasteiger partial charge in [-0.1, -0.05) is 113 Å². The number of aryl methyl sites for hydroxylation is 8. The number of rotatable bonds is 41. The fourth-order valence-electron chi connectivity index (χ4n) is 16.0. The van der Waals surface area contributed by atoms with E-state index in [1.165, 1.54) is 57.2 Å². The predicted octanol–water partition coefficient (Wildman–Crippen LogP) is 13.7. The van der Waals surface area contributed by atoms with Crippen molar-refractivity contribution in [1.29, 1.82) is 0 Å². The smallest absolute Gasteiger partial charge is 0.508 e. The van der Waals surface area contributed by atoms with E-state index in [4.69, 9.17) is 60.9 Å². The fourth-order valence-corrected chi connectivity index (χ4v) is 16.5. The van der Waals surface area contributed by atoms with Crippen molar-refractivity contribution in [2.75, 3.05) is 76.5 Å². The number of phenols is 3. The highest BCUT2D eigenvalue weighted by Crippen LogP contribution is 2.41. The van der Waals surface area contributed by atoms with E-state index in [0.29, 0.717) is 144 Å². The van der Waals surface area contributed by atoms with Crippen LogP contribution in [0, 0.1) is 13.8 Å². The number of imidazole rings is 3. The van der Waals surface area contributed by atoms with Crippen LogP contribution in [0.15, 0.2) is 146 Å². The summed E-state index contributed by atoms with van der Waals surface area (Å²) in [6, 6.07) is 34.6. The minimum atomic E-state index is -4.67. The maximum Gasteiger partial charge on any atom is 0.524 e. The van der Waals surface area contributed by atoms with E-state index in [-0.39, 0.29) is 52.7 Å². The number of amides is 6. The number of nitrogens with two attached hydrogens (primary N) is 3. The number of hydrogen-bond donors (Lipinski definition) is 8. The second-order valence-electron chi connectivity index (χ2n) is 32.1. The highest BCUT2D eigenvalue weighted by molar-refractivity contribution is 7.46. The number of benzene rings is 6. The van der Waals surface area contributed by atoms with Gasteiger partial charge in [0.15, 0.2) is 29.0 Å². The number of imide groups is 3. The summed E-state index contributed by atoms with van der Waals surface area (Å²) in [5.74, 6) is 2.44. The second-order valence-corrected chi connectivity index (χ2v) is 33.2. The largest absolute Gasteiger partial charge is 0.524 e. The zero-order chi connectivity index (χ0) is 90.0. The van der Waals surface area contributed by atoms with Crippen molar-refractivity contribution in [3.8, 4) is 23.0 Å². The first-order valence-corrected chi connectivity index (χ1v) is 45.0. The van der Waals surface area contributed by atoms with Gasteiger partial charge in [0.2, 0.25) is 0 Å². The molecule has 0 bridgehead atoms. The Bertz CT molecular complexity index is 6190. The fraction of sp³-hybridized carbons (Fsp3) is 0.368. The summed E-state index contributed by atoms with van der Waals surface area (Å²) in [6.45, 7) is 15.8. The summed E-state index contributed by atoms with van der Waals surface area (Å²) in [7, 11) is -4.67. The number of carbonyl (C=O) groups is 6. The van der Waals surface area contributed by atoms with Crippen LogP contribution in [0.1, 0.15) is 160 Å². The summed E-state index contributed by atoms with van der Waals surface area (Å²) in [5.41, 5.74) is 33.9. The normalized spacial score (nSPS) is 13.4. The Kier molecular flexibility index (Phi) is 30.7. The number of pyridine rings is 3. The molecular formula is C95H110N15O16P. The molecule has 0 radical (unpaired) electrons. The van der Waals surface area contributed by atoms with Gasteiger partial charge in [0.1, 0.15) is 45.5 Å². The maximum absolute atomic E-state index is 11.6. The van der Waals surface area contributed by atoms with Gasteiger partial charge in [0.05, 0.1) is 39.6 Å². The van der Waals surface area contributed by atoms with E-state index in [2.05, 4.69) is 75.9 Å². The molecule has 0 saturated heterocycles. The summed E-state index contributed by atoms with van der Waals surface area (Å²) in [4.78, 5) is 121. The molecular weight excluding hydrogens is 1640 g/mol. The van der Waals surface area contributed by atoms with Crippen LogP contribution < -0.4 is 21.7 Å². The van der Waals surface area contributed by atoms with Crippen LogP contribution >= 0.6 is 7.82 Å². The summed E-state index contributed by atoms with van der Waals surface area (Å²) < 4.78 is 39.9. The van der Waals surface area contributed by atoms with Gasteiger partial charge < -0.3 is 65.0 Å². The molecule has 666 valence electrons. The number of unbranched alkanes of at least 4 members (excludes halogenated alkanes) is 3. The molecule has 3 aliphatic rings. The van der Waals surface area contributed by atoms with Crippen LogP contribution in [0.3, 0.4) is 0 Å². The first kappa shape index (κ1) is 91.9. The summed E-state index contributed by atoms with van der Waals surface area (Å²) >= 11 is 0. The van der Waals surface area contributed by atoms with Crippen LogP contribution in [-0.4, -0.2) is 178 Å². The van der Waals surface area contributed by atoms with Gasteiger partial charge in [-0.3, -0.25) is 53.3 Å². The van der Waals surface area contributed by atoms with Gasteiger partial charge in [0.25, 0.3) is 35.4 Å². The number of nitrogen functional groups attached to an aromatic ring is 3. The SMILES string of the molecule is CCCCc1nc2c(N)nc3cc(CCCOCCCN4C(=O)C=CC4=O)ccc3c2n1Cc1ccc(O)c(C)c1.CCCCc1nc2c(N)nc3cc(CCCOCCCN4C(=O)C=CC4=O)ccc3c2n1Cc1ccc(OP(=O)(O)O)c(C)c1.CCCCc1nc2c(N)nc3cc(CCCOCCCN4C(=O)C=CC4=O)ccc3c2n1Cc1cccc(O)c1O. The highest BCUT2D eigenvalue weighted by atomic mass is 31.2. The molecule has 6 aromatic heterocycles. The molecule has 6 aromatic carbocycles. The highest BCUT2D eigenvalue weighted by Gasteiger charge is 2.28. The molecule has 6 amide bonds. The van der Waals surface area contributed by atoms with Gasteiger partial charge in [-0.15, -0.1) is 0 Å². The van der Waals surface area contributed by atoms with E-state index in [0.717, 1.165) is 202 Å². The number of aromatic nitrogens is 9. The summed E-state index contributed by atoms with van der Waals surface area (Å²) in [6.07, 6.45) is 22.8. The molecule has 0 unspecified atom stereocenters. The Balaban J connectivity index is 0.000000163. The maximum atomic E-state index is 11.6. The van der Waals surface area contributed by atoms with Crippen molar-refractivity contribution in [2.24, 2.45) is 0 Å². The number of phosphoric acid groups is 1. The second kappa shape index (κ2) is 42.5. The summed E-state index contributed by atoms with van der Waals surface area (Å²) in [5, 5.41) is 33.4. The van der Waals surface area contributed by atoms with Crippen LogP contribution in [0.5, 0.6) is 23.0 Å². The van der Waals surface area contributed by atoms with E-state index in [9.17, 15) is 58.4 Å². The molecule has 127 heavy (non-hydrogen) atoms. The van der Waals surface area contributed by atoms with Crippen molar-refractivity contribution < 1.29 is 77.2 Å². The van der Waals surface area contributed by atoms with E-state index in [1.807, 2.05) is 43.3 Å². The third-order valence-corrected chi connectivity index (χ3v) is 23.0. The van der Waals surface area contributed by atoms with Crippen LogP contribution in [0.4, 0.5) is 17.5 Å². The number of para-hydroxylation sites is 1. The minimum Gasteiger partial charge on any atom is -0.508 e. The Morgan fingerprint density at radius 2 is 0.709 bits per heavy atom. The van der Waals surface area contributed by atoms with Crippen molar-refractivity contribution in [1.82, 2.24) is 58.3 Å². The zero-order valence-electron chi connectivity index (χ0n) is 72.3. The quantitative estimate of drug-likeness (QED) is 0.00763. The molecule has 3 aliphatic heterocycles. The third-order valence-electron chi connectivity index (χ3n) is 22.6. The Morgan fingerprint density at radius 1 is 0.370 bits per heavy atom. The average molecular weight is 1750 g/mol. The van der Waals surface area contributed by atoms with Crippen molar-refractivity contribution in [3.05, 3.63) is 208 Å². The molecule has 0 atom stereocenters. The average Bonchev–Trinajstić information content (AvgIpc) is 1.62. The lowest BCUT2D eigenvalue weighted by atomic mass is 10.1. The topological polar surface area (TPSA) is 437 Å². The lowest BCUT2D eigenvalue weighted by Gasteiger charge is -2.14.